The van der Waals surface area contributed by atoms with E-state index in [0.717, 1.165) is 26.7 Å². The molecule has 102 valence electrons. The summed E-state index contributed by atoms with van der Waals surface area (Å²) in [6.07, 6.45) is 0. The smallest absolute Gasteiger partial charge is 0.148 e. The van der Waals surface area contributed by atoms with Crippen molar-refractivity contribution < 1.29 is 0 Å². The summed E-state index contributed by atoms with van der Waals surface area (Å²) in [5, 5.41) is 10.4. The number of benzene rings is 2. The van der Waals surface area contributed by atoms with Crippen molar-refractivity contribution in [2.45, 2.75) is 6.54 Å². The molecule has 0 atom stereocenters. The molecular formula is C15H14ClN3S. The van der Waals surface area contributed by atoms with Gasteiger partial charge in [-0.3, -0.25) is 0 Å². The average molecular weight is 304 g/mol. The van der Waals surface area contributed by atoms with Gasteiger partial charge in [-0.1, -0.05) is 65.9 Å². The quantitative estimate of drug-likeness (QED) is 0.801. The Labute approximate surface area is 127 Å². The van der Waals surface area contributed by atoms with Gasteiger partial charge in [0.25, 0.3) is 0 Å². The third-order valence-corrected chi connectivity index (χ3v) is 3.90. The van der Waals surface area contributed by atoms with Crippen LogP contribution in [0.3, 0.4) is 0 Å². The zero-order valence-corrected chi connectivity index (χ0v) is 12.3. The van der Waals surface area contributed by atoms with Crippen LogP contribution < -0.4 is 5.73 Å². The van der Waals surface area contributed by atoms with E-state index >= 15 is 0 Å². The molecule has 1 heterocycles. The summed E-state index contributed by atoms with van der Waals surface area (Å²) in [6.45, 7) is 0.561. The molecule has 0 amide bonds. The van der Waals surface area contributed by atoms with E-state index in [0.29, 0.717) is 6.54 Å². The Morgan fingerprint density at radius 1 is 0.800 bits per heavy atom. The van der Waals surface area contributed by atoms with Gasteiger partial charge < -0.3 is 5.73 Å². The summed E-state index contributed by atoms with van der Waals surface area (Å²) in [5.41, 5.74) is 8.90. The summed E-state index contributed by atoms with van der Waals surface area (Å²) in [7, 11) is 0. The number of hydrogen-bond acceptors (Lipinski definition) is 4. The van der Waals surface area contributed by atoms with Gasteiger partial charge in [0.15, 0.2) is 0 Å². The molecule has 0 saturated carbocycles. The van der Waals surface area contributed by atoms with E-state index in [1.807, 2.05) is 54.6 Å². The highest BCUT2D eigenvalue weighted by atomic mass is 35.5. The van der Waals surface area contributed by atoms with Crippen LogP contribution in [0.15, 0.2) is 54.6 Å². The third kappa shape index (κ3) is 3.04. The van der Waals surface area contributed by atoms with Crippen LogP contribution in [0.5, 0.6) is 0 Å². The lowest BCUT2D eigenvalue weighted by molar-refractivity contribution is 1.07. The lowest BCUT2D eigenvalue weighted by Crippen LogP contribution is -1.95. The lowest BCUT2D eigenvalue weighted by atomic mass is 10.1. The second kappa shape index (κ2) is 6.61. The van der Waals surface area contributed by atoms with Crippen LogP contribution in [-0.2, 0) is 6.54 Å². The highest BCUT2D eigenvalue weighted by Gasteiger charge is 2.07. The molecule has 0 unspecified atom stereocenters. The van der Waals surface area contributed by atoms with Crippen LogP contribution in [0.4, 0.5) is 0 Å². The maximum atomic E-state index is 5.59. The number of aromatic nitrogens is 2. The van der Waals surface area contributed by atoms with Gasteiger partial charge in [-0.15, -0.1) is 22.6 Å². The van der Waals surface area contributed by atoms with Gasteiger partial charge >= 0.3 is 0 Å². The summed E-state index contributed by atoms with van der Waals surface area (Å²) >= 11 is 1.60. The van der Waals surface area contributed by atoms with Gasteiger partial charge in [-0.25, -0.2) is 0 Å². The lowest BCUT2D eigenvalue weighted by Gasteiger charge is -1.98. The van der Waals surface area contributed by atoms with Gasteiger partial charge in [0, 0.05) is 17.7 Å². The molecule has 3 rings (SSSR count). The van der Waals surface area contributed by atoms with Gasteiger partial charge in [-0.2, -0.15) is 0 Å². The molecule has 2 aromatic carbocycles. The van der Waals surface area contributed by atoms with Crippen molar-refractivity contribution in [3.63, 3.8) is 0 Å². The molecule has 0 bridgehead atoms. The van der Waals surface area contributed by atoms with Crippen LogP contribution in [0, 0.1) is 0 Å². The normalized spacial score (nSPS) is 10.1. The van der Waals surface area contributed by atoms with E-state index in [1.54, 1.807) is 11.3 Å². The predicted octanol–water partition coefficient (Wildman–Crippen LogP) is 3.75. The zero-order chi connectivity index (χ0) is 13.1. The van der Waals surface area contributed by atoms with Crippen molar-refractivity contribution in [2.24, 2.45) is 5.73 Å². The molecule has 3 nitrogen and oxygen atoms in total. The van der Waals surface area contributed by atoms with Crippen molar-refractivity contribution in [1.82, 2.24) is 10.2 Å². The fraction of sp³-hybridized carbons (Fsp3) is 0.0667. The van der Waals surface area contributed by atoms with E-state index in [1.165, 1.54) is 0 Å². The second-order valence-corrected chi connectivity index (χ2v) is 5.16. The van der Waals surface area contributed by atoms with Crippen LogP contribution in [0.25, 0.3) is 21.1 Å². The molecule has 0 spiro atoms. The fourth-order valence-electron chi connectivity index (χ4n) is 1.82. The summed E-state index contributed by atoms with van der Waals surface area (Å²) < 4.78 is 0. The molecule has 0 radical (unpaired) electrons. The first-order valence-electron chi connectivity index (χ1n) is 6.05. The maximum absolute atomic E-state index is 5.59. The summed E-state index contributed by atoms with van der Waals surface area (Å²) in [5.74, 6) is 0. The van der Waals surface area contributed by atoms with Crippen LogP contribution in [0.2, 0.25) is 0 Å². The maximum Gasteiger partial charge on any atom is 0.148 e. The Hall–Kier alpha value is -1.75. The average Bonchev–Trinajstić information content (AvgIpc) is 2.98. The van der Waals surface area contributed by atoms with Crippen molar-refractivity contribution in [1.29, 1.82) is 0 Å². The first kappa shape index (κ1) is 14.7. The molecule has 0 saturated heterocycles. The zero-order valence-electron chi connectivity index (χ0n) is 10.7. The molecule has 0 aliphatic rings. The molecule has 0 fully saturated rings. The van der Waals surface area contributed by atoms with E-state index in [4.69, 9.17) is 5.73 Å². The Bertz CT molecular complexity index is 665. The molecule has 2 N–H and O–H groups in total. The van der Waals surface area contributed by atoms with Crippen LogP contribution >= 0.6 is 23.7 Å². The predicted molar refractivity (Wildman–Crippen MR) is 85.9 cm³/mol. The minimum atomic E-state index is 0. The molecule has 0 aliphatic carbocycles. The standard InChI is InChI=1S/C15H13N3S.ClH/c16-10-11-6-8-13(9-7-11)15-18-17-14(19-15)12-4-2-1-3-5-12;/h1-9H,10,16H2;1H. The molecule has 0 aliphatic heterocycles. The molecule has 3 aromatic rings. The first-order valence-corrected chi connectivity index (χ1v) is 6.87. The van der Waals surface area contributed by atoms with E-state index in [2.05, 4.69) is 10.2 Å². The first-order chi connectivity index (χ1) is 9.36. The topological polar surface area (TPSA) is 51.8 Å². The minimum absolute atomic E-state index is 0. The Morgan fingerprint density at radius 3 is 1.90 bits per heavy atom. The van der Waals surface area contributed by atoms with Gasteiger partial charge in [-0.05, 0) is 5.56 Å². The van der Waals surface area contributed by atoms with Gasteiger partial charge in [0.2, 0.25) is 0 Å². The number of nitrogens with two attached hydrogens (primary N) is 1. The highest BCUT2D eigenvalue weighted by molar-refractivity contribution is 7.17. The van der Waals surface area contributed by atoms with E-state index in [9.17, 15) is 0 Å². The van der Waals surface area contributed by atoms with Crippen LogP contribution in [0.1, 0.15) is 5.56 Å². The van der Waals surface area contributed by atoms with Crippen molar-refractivity contribution >= 4 is 23.7 Å². The van der Waals surface area contributed by atoms with Gasteiger partial charge in [0.1, 0.15) is 10.0 Å². The van der Waals surface area contributed by atoms with Crippen molar-refractivity contribution in [2.75, 3.05) is 0 Å². The largest absolute Gasteiger partial charge is 0.326 e. The van der Waals surface area contributed by atoms with Crippen molar-refractivity contribution in [3.8, 4) is 21.1 Å². The van der Waals surface area contributed by atoms with E-state index < -0.39 is 0 Å². The molecule has 1 aromatic heterocycles. The number of halogens is 1. The van der Waals surface area contributed by atoms with Crippen molar-refractivity contribution in [3.05, 3.63) is 60.2 Å². The Morgan fingerprint density at radius 2 is 1.35 bits per heavy atom. The fourth-order valence-corrected chi connectivity index (χ4v) is 2.67. The molecule has 5 heteroatoms. The van der Waals surface area contributed by atoms with Gasteiger partial charge in [0.05, 0.1) is 0 Å². The number of nitrogens with zero attached hydrogens (tertiary/aromatic N) is 2. The number of hydrogen-bond donors (Lipinski definition) is 1. The minimum Gasteiger partial charge on any atom is -0.326 e. The van der Waals surface area contributed by atoms with Crippen LogP contribution in [-0.4, -0.2) is 10.2 Å². The Balaban J connectivity index is 0.00000147. The summed E-state index contributed by atoms with van der Waals surface area (Å²) in [4.78, 5) is 0. The third-order valence-electron chi connectivity index (χ3n) is 2.88. The number of rotatable bonds is 3. The Kier molecular flexibility index (Phi) is 4.84. The highest BCUT2D eigenvalue weighted by Crippen LogP contribution is 2.29. The molecular weight excluding hydrogens is 290 g/mol. The second-order valence-electron chi connectivity index (χ2n) is 4.18. The van der Waals surface area contributed by atoms with E-state index in [-0.39, 0.29) is 12.4 Å². The molecule has 20 heavy (non-hydrogen) atoms. The SMILES string of the molecule is Cl.NCc1ccc(-c2nnc(-c3ccccc3)s2)cc1. The summed E-state index contributed by atoms with van der Waals surface area (Å²) in [6, 6.07) is 18.2. The monoisotopic (exact) mass is 303 g/mol.